The lowest BCUT2D eigenvalue weighted by molar-refractivity contribution is 0.0621. The molecule has 0 aliphatic heterocycles. The second-order valence-electron chi connectivity index (χ2n) is 7.47. The van der Waals surface area contributed by atoms with Gasteiger partial charge in [0.05, 0.1) is 38.1 Å². The largest absolute Gasteiger partial charge is 0.382 e. The highest BCUT2D eigenvalue weighted by molar-refractivity contribution is 5.85. The maximum Gasteiger partial charge on any atom is 0.158 e. The molecule has 5 aromatic rings. The average molecular weight is 428 g/mol. The van der Waals surface area contributed by atoms with Crippen molar-refractivity contribution >= 4 is 27.9 Å². The summed E-state index contributed by atoms with van der Waals surface area (Å²) in [5.74, 6) is 0.728. The second-order valence-corrected chi connectivity index (χ2v) is 7.47. The number of hydrogen-bond donors (Lipinski definition) is 1. The Balaban J connectivity index is 1.39. The van der Waals surface area contributed by atoms with Crippen LogP contribution in [0, 0.1) is 0 Å². The highest BCUT2D eigenvalue weighted by atomic mass is 16.5. The third kappa shape index (κ3) is 4.18. The fraction of sp³-hybridized carbons (Fsp3) is 0.208. The van der Waals surface area contributed by atoms with Crippen LogP contribution in [0.1, 0.15) is 11.1 Å². The summed E-state index contributed by atoms with van der Waals surface area (Å²) in [4.78, 5) is 4.48. The van der Waals surface area contributed by atoms with Crippen LogP contribution in [0.4, 0.5) is 11.5 Å². The molecule has 8 heteroatoms. The smallest absolute Gasteiger partial charge is 0.158 e. The molecule has 0 saturated carbocycles. The number of anilines is 2. The first-order valence-corrected chi connectivity index (χ1v) is 10.5. The minimum absolute atomic E-state index is 0.465. The van der Waals surface area contributed by atoms with Gasteiger partial charge in [-0.25, -0.2) is 9.50 Å². The van der Waals surface area contributed by atoms with Gasteiger partial charge in [-0.3, -0.25) is 4.68 Å². The van der Waals surface area contributed by atoms with Gasteiger partial charge in [-0.05, 0) is 29.8 Å². The quantitative estimate of drug-likeness (QED) is 0.357. The van der Waals surface area contributed by atoms with Gasteiger partial charge in [0.25, 0.3) is 0 Å². The molecule has 0 atom stereocenters. The Morgan fingerprint density at radius 1 is 1.00 bits per heavy atom. The number of benzene rings is 2. The third-order valence-corrected chi connectivity index (χ3v) is 5.31. The van der Waals surface area contributed by atoms with Crippen molar-refractivity contribution in [3.05, 3.63) is 84.4 Å². The standard InChI is InChI=1S/C24H24N6O2/c1-31-11-12-32-16-19-9-10-29-23(19)24(25-17-27-29)28-21-7-8-22-20(13-21)14-26-30(22)15-18-5-3-2-4-6-18/h2-10,13-14,17H,11-12,15-16H2,1H3,(H,25,27,28). The summed E-state index contributed by atoms with van der Waals surface area (Å²) in [6.07, 6.45) is 5.35. The van der Waals surface area contributed by atoms with E-state index in [1.165, 1.54) is 5.56 Å². The molecule has 0 spiro atoms. The molecule has 0 amide bonds. The van der Waals surface area contributed by atoms with E-state index in [-0.39, 0.29) is 0 Å². The van der Waals surface area contributed by atoms with Crippen LogP contribution >= 0.6 is 0 Å². The first-order valence-electron chi connectivity index (χ1n) is 10.5. The SMILES string of the molecule is COCCOCc1ccn2ncnc(Nc3ccc4c(cnn4Cc4ccccc4)c3)c12. The molecule has 0 saturated heterocycles. The number of nitrogens with zero attached hydrogens (tertiary/aromatic N) is 5. The Bertz CT molecular complexity index is 1330. The van der Waals surface area contributed by atoms with Crippen LogP contribution in [0.3, 0.4) is 0 Å². The predicted octanol–water partition coefficient (Wildman–Crippen LogP) is 4.03. The van der Waals surface area contributed by atoms with E-state index < -0.39 is 0 Å². The zero-order chi connectivity index (χ0) is 21.8. The van der Waals surface area contributed by atoms with Crippen LogP contribution in [-0.2, 0) is 22.6 Å². The van der Waals surface area contributed by atoms with Gasteiger partial charge in [0.2, 0.25) is 0 Å². The Labute approximate surface area is 185 Å². The van der Waals surface area contributed by atoms with E-state index in [1.807, 2.05) is 47.4 Å². The van der Waals surface area contributed by atoms with E-state index >= 15 is 0 Å². The topological polar surface area (TPSA) is 78.5 Å². The minimum atomic E-state index is 0.465. The molecule has 162 valence electrons. The lowest BCUT2D eigenvalue weighted by Crippen LogP contribution is -2.04. The third-order valence-electron chi connectivity index (χ3n) is 5.31. The fourth-order valence-electron chi connectivity index (χ4n) is 3.73. The molecule has 5 rings (SSSR count). The van der Waals surface area contributed by atoms with E-state index in [0.29, 0.717) is 19.8 Å². The summed E-state index contributed by atoms with van der Waals surface area (Å²) >= 11 is 0. The van der Waals surface area contributed by atoms with Gasteiger partial charge in [-0.15, -0.1) is 0 Å². The molecule has 2 aromatic carbocycles. The number of fused-ring (bicyclic) bond motifs is 2. The molecule has 8 nitrogen and oxygen atoms in total. The molecule has 0 bridgehead atoms. The van der Waals surface area contributed by atoms with E-state index in [9.17, 15) is 0 Å². The molecular weight excluding hydrogens is 404 g/mol. The van der Waals surface area contributed by atoms with Gasteiger partial charge in [-0.1, -0.05) is 30.3 Å². The van der Waals surface area contributed by atoms with Crippen LogP contribution < -0.4 is 5.32 Å². The number of hydrogen-bond acceptors (Lipinski definition) is 6. The van der Waals surface area contributed by atoms with Crippen molar-refractivity contribution < 1.29 is 9.47 Å². The predicted molar refractivity (Wildman–Crippen MR) is 123 cm³/mol. The summed E-state index contributed by atoms with van der Waals surface area (Å²) in [6.45, 7) is 2.30. The summed E-state index contributed by atoms with van der Waals surface area (Å²) in [5.41, 5.74) is 5.15. The Morgan fingerprint density at radius 3 is 2.78 bits per heavy atom. The summed E-state index contributed by atoms with van der Waals surface area (Å²) in [5, 5.41) is 13.4. The average Bonchev–Trinajstić information content (AvgIpc) is 3.42. The van der Waals surface area contributed by atoms with Gasteiger partial charge < -0.3 is 14.8 Å². The van der Waals surface area contributed by atoms with Gasteiger partial charge in [0.15, 0.2) is 5.82 Å². The zero-order valence-electron chi connectivity index (χ0n) is 17.8. The van der Waals surface area contributed by atoms with Crippen molar-refractivity contribution in [3.8, 4) is 0 Å². The lowest BCUT2D eigenvalue weighted by Gasteiger charge is -2.10. The van der Waals surface area contributed by atoms with E-state index in [4.69, 9.17) is 9.47 Å². The normalized spacial score (nSPS) is 11.4. The van der Waals surface area contributed by atoms with Crippen LogP contribution in [0.2, 0.25) is 0 Å². The maximum absolute atomic E-state index is 5.71. The molecule has 3 heterocycles. The monoisotopic (exact) mass is 428 g/mol. The molecule has 0 aliphatic carbocycles. The highest BCUT2D eigenvalue weighted by Crippen LogP contribution is 2.26. The van der Waals surface area contributed by atoms with E-state index in [0.717, 1.165) is 40.0 Å². The molecular formula is C24H24N6O2. The van der Waals surface area contributed by atoms with Crippen LogP contribution in [0.5, 0.6) is 0 Å². The van der Waals surface area contributed by atoms with Gasteiger partial charge in [0, 0.05) is 29.9 Å². The van der Waals surface area contributed by atoms with Gasteiger partial charge >= 0.3 is 0 Å². The first-order chi connectivity index (χ1) is 15.8. The Morgan fingerprint density at radius 2 is 1.91 bits per heavy atom. The lowest BCUT2D eigenvalue weighted by atomic mass is 10.2. The summed E-state index contributed by atoms with van der Waals surface area (Å²) in [7, 11) is 1.66. The van der Waals surface area contributed by atoms with Crippen molar-refractivity contribution in [1.29, 1.82) is 0 Å². The minimum Gasteiger partial charge on any atom is -0.382 e. The number of rotatable bonds is 9. The molecule has 0 fully saturated rings. The molecule has 3 aromatic heterocycles. The summed E-state index contributed by atoms with van der Waals surface area (Å²) < 4.78 is 14.6. The van der Waals surface area contributed by atoms with Crippen molar-refractivity contribution in [1.82, 2.24) is 24.4 Å². The van der Waals surface area contributed by atoms with Crippen molar-refractivity contribution in [2.75, 3.05) is 25.6 Å². The fourth-order valence-corrected chi connectivity index (χ4v) is 3.73. The summed E-state index contributed by atoms with van der Waals surface area (Å²) in [6, 6.07) is 18.5. The number of aromatic nitrogens is 5. The Hall–Kier alpha value is -3.75. The molecule has 1 N–H and O–H groups in total. The Kier molecular flexibility index (Phi) is 5.78. The van der Waals surface area contributed by atoms with Crippen LogP contribution in [0.25, 0.3) is 16.4 Å². The van der Waals surface area contributed by atoms with Crippen molar-refractivity contribution in [2.24, 2.45) is 0 Å². The van der Waals surface area contributed by atoms with Gasteiger partial charge in [0.1, 0.15) is 11.8 Å². The van der Waals surface area contributed by atoms with E-state index in [2.05, 4.69) is 44.8 Å². The first kappa shape index (κ1) is 20.2. The number of nitrogens with one attached hydrogen (secondary N) is 1. The maximum atomic E-state index is 5.71. The molecule has 0 radical (unpaired) electrons. The molecule has 32 heavy (non-hydrogen) atoms. The molecule has 0 aliphatic rings. The van der Waals surface area contributed by atoms with Gasteiger partial charge in [-0.2, -0.15) is 10.2 Å². The van der Waals surface area contributed by atoms with Crippen molar-refractivity contribution in [2.45, 2.75) is 13.2 Å². The number of methoxy groups -OCH3 is 1. The van der Waals surface area contributed by atoms with Crippen molar-refractivity contribution in [3.63, 3.8) is 0 Å². The van der Waals surface area contributed by atoms with Crippen LogP contribution in [0.15, 0.2) is 73.3 Å². The number of ether oxygens (including phenoxy) is 2. The second kappa shape index (κ2) is 9.17. The molecule has 0 unspecified atom stereocenters. The zero-order valence-corrected chi connectivity index (χ0v) is 17.8. The highest BCUT2D eigenvalue weighted by Gasteiger charge is 2.12. The van der Waals surface area contributed by atoms with Crippen LogP contribution in [-0.4, -0.2) is 44.7 Å². The van der Waals surface area contributed by atoms with E-state index in [1.54, 1.807) is 18.0 Å².